The third-order valence-electron chi connectivity index (χ3n) is 3.02. The molecule has 1 heterocycles. The molecule has 1 aromatic carbocycles. The van der Waals surface area contributed by atoms with Crippen LogP contribution in [0.5, 0.6) is 11.5 Å². The summed E-state index contributed by atoms with van der Waals surface area (Å²) in [6.45, 7) is -0.266. The van der Waals surface area contributed by atoms with E-state index in [1.807, 2.05) is 0 Å². The van der Waals surface area contributed by atoms with Crippen LogP contribution in [0.25, 0.3) is 0 Å². The fourth-order valence-corrected chi connectivity index (χ4v) is 1.98. The van der Waals surface area contributed by atoms with Crippen LogP contribution in [0.4, 0.5) is 0 Å². The van der Waals surface area contributed by atoms with E-state index in [0.29, 0.717) is 17.1 Å². The molecule has 1 aliphatic rings. The van der Waals surface area contributed by atoms with Gasteiger partial charge in [-0.1, -0.05) is 6.07 Å². The van der Waals surface area contributed by atoms with Crippen molar-refractivity contribution in [1.82, 2.24) is 0 Å². The number of fused-ring (bicyclic) bond motifs is 1. The first-order valence-corrected chi connectivity index (χ1v) is 5.18. The van der Waals surface area contributed by atoms with Gasteiger partial charge in [-0.2, -0.15) is 0 Å². The summed E-state index contributed by atoms with van der Waals surface area (Å²) in [5, 5.41) is 9.48. The zero-order valence-corrected chi connectivity index (χ0v) is 9.73. The molecule has 0 spiro atoms. The summed E-state index contributed by atoms with van der Waals surface area (Å²) < 4.78 is 15.2. The summed E-state index contributed by atoms with van der Waals surface area (Å²) in [6.07, 6.45) is 0. The Morgan fingerprint density at radius 3 is 2.88 bits per heavy atom. The van der Waals surface area contributed by atoms with E-state index in [-0.39, 0.29) is 13.2 Å². The monoisotopic (exact) mass is 238 g/mol. The van der Waals surface area contributed by atoms with E-state index in [1.54, 1.807) is 25.3 Å². The number of benzene rings is 1. The Morgan fingerprint density at radius 1 is 1.53 bits per heavy atom. The van der Waals surface area contributed by atoms with Gasteiger partial charge in [0, 0.05) is 11.6 Å². The fourth-order valence-electron chi connectivity index (χ4n) is 1.98. The highest BCUT2D eigenvalue weighted by atomic mass is 16.5. The number of hydrogen-bond donors (Lipinski definition) is 1. The number of methoxy groups -OCH3 is 2. The SMILES string of the molecule is COC(=O)C1(CO)COc2cc(OC)ccc21. The van der Waals surface area contributed by atoms with Gasteiger partial charge in [0.05, 0.1) is 20.8 Å². The van der Waals surface area contributed by atoms with E-state index in [1.165, 1.54) is 7.11 Å². The number of hydrogen-bond acceptors (Lipinski definition) is 5. The van der Waals surface area contributed by atoms with E-state index in [2.05, 4.69) is 0 Å². The van der Waals surface area contributed by atoms with Crippen LogP contribution in [-0.4, -0.2) is 38.5 Å². The van der Waals surface area contributed by atoms with Crippen LogP contribution in [0.1, 0.15) is 5.56 Å². The van der Waals surface area contributed by atoms with Gasteiger partial charge < -0.3 is 19.3 Å². The van der Waals surface area contributed by atoms with Gasteiger partial charge in [-0.15, -0.1) is 0 Å². The third kappa shape index (κ3) is 1.63. The first-order chi connectivity index (χ1) is 8.17. The maximum Gasteiger partial charge on any atom is 0.322 e. The number of rotatable bonds is 3. The second-order valence-corrected chi connectivity index (χ2v) is 3.88. The van der Waals surface area contributed by atoms with Crippen molar-refractivity contribution >= 4 is 5.97 Å². The van der Waals surface area contributed by atoms with Crippen molar-refractivity contribution < 1.29 is 24.1 Å². The molecule has 17 heavy (non-hydrogen) atoms. The average molecular weight is 238 g/mol. The number of aliphatic hydroxyl groups excluding tert-OH is 1. The smallest absolute Gasteiger partial charge is 0.322 e. The molecular formula is C12H14O5. The zero-order valence-electron chi connectivity index (χ0n) is 9.73. The zero-order chi connectivity index (χ0) is 12.5. The molecule has 5 nitrogen and oxygen atoms in total. The molecule has 0 saturated heterocycles. The van der Waals surface area contributed by atoms with E-state index in [4.69, 9.17) is 14.2 Å². The molecular weight excluding hydrogens is 224 g/mol. The highest BCUT2D eigenvalue weighted by Gasteiger charge is 2.48. The Labute approximate surface area is 98.9 Å². The number of carbonyl (C=O) groups excluding carboxylic acids is 1. The van der Waals surface area contributed by atoms with Crippen molar-refractivity contribution in [1.29, 1.82) is 0 Å². The van der Waals surface area contributed by atoms with Crippen molar-refractivity contribution in [2.75, 3.05) is 27.4 Å². The molecule has 1 aliphatic heterocycles. The number of esters is 1. The predicted molar refractivity (Wildman–Crippen MR) is 59.3 cm³/mol. The van der Waals surface area contributed by atoms with Gasteiger partial charge in [-0.25, -0.2) is 0 Å². The molecule has 0 fully saturated rings. The van der Waals surface area contributed by atoms with Gasteiger partial charge in [-0.3, -0.25) is 4.79 Å². The quantitative estimate of drug-likeness (QED) is 0.776. The van der Waals surface area contributed by atoms with Crippen molar-refractivity contribution in [2.24, 2.45) is 0 Å². The maximum atomic E-state index is 11.8. The number of ether oxygens (including phenoxy) is 3. The minimum Gasteiger partial charge on any atom is -0.497 e. The number of carbonyl (C=O) groups is 1. The van der Waals surface area contributed by atoms with E-state index < -0.39 is 11.4 Å². The highest BCUT2D eigenvalue weighted by Crippen LogP contribution is 2.41. The van der Waals surface area contributed by atoms with Crippen molar-refractivity contribution in [3.63, 3.8) is 0 Å². The first-order valence-electron chi connectivity index (χ1n) is 5.18. The summed E-state index contributed by atoms with van der Waals surface area (Å²) in [7, 11) is 2.84. The molecule has 1 aromatic rings. The first kappa shape index (κ1) is 11.7. The van der Waals surface area contributed by atoms with Crippen LogP contribution in [0, 0.1) is 0 Å². The minimum atomic E-state index is -1.11. The van der Waals surface area contributed by atoms with Gasteiger partial charge in [0.25, 0.3) is 0 Å². The molecule has 1 unspecified atom stereocenters. The van der Waals surface area contributed by atoms with Gasteiger partial charge in [0.2, 0.25) is 0 Å². The number of aliphatic hydroxyl groups is 1. The lowest BCUT2D eigenvalue weighted by Gasteiger charge is -2.21. The van der Waals surface area contributed by atoms with E-state index in [0.717, 1.165) is 0 Å². The molecule has 0 saturated carbocycles. The summed E-state index contributed by atoms with van der Waals surface area (Å²) in [6, 6.07) is 5.13. The molecule has 5 heteroatoms. The van der Waals surface area contributed by atoms with E-state index >= 15 is 0 Å². The third-order valence-corrected chi connectivity index (χ3v) is 3.02. The molecule has 92 valence electrons. The average Bonchev–Trinajstić information content (AvgIpc) is 2.76. The second kappa shape index (κ2) is 4.25. The summed E-state index contributed by atoms with van der Waals surface area (Å²) in [5.41, 5.74) is -0.483. The Kier molecular flexibility index (Phi) is 2.93. The molecule has 0 amide bonds. The summed E-state index contributed by atoms with van der Waals surface area (Å²) in [4.78, 5) is 11.8. The lowest BCUT2D eigenvalue weighted by molar-refractivity contribution is -0.149. The van der Waals surface area contributed by atoms with Crippen molar-refractivity contribution in [3.8, 4) is 11.5 Å². The van der Waals surface area contributed by atoms with Crippen molar-refractivity contribution in [2.45, 2.75) is 5.41 Å². The van der Waals surface area contributed by atoms with Crippen molar-refractivity contribution in [3.05, 3.63) is 23.8 Å². The van der Waals surface area contributed by atoms with Crippen LogP contribution in [0.3, 0.4) is 0 Å². The maximum absolute atomic E-state index is 11.8. The molecule has 0 radical (unpaired) electrons. The standard InChI is InChI=1S/C12H14O5/c1-15-8-3-4-9-10(5-8)17-7-12(9,6-13)11(14)16-2/h3-5,13H,6-7H2,1-2H3. The topological polar surface area (TPSA) is 65.0 Å². The Bertz CT molecular complexity index is 443. The largest absolute Gasteiger partial charge is 0.497 e. The van der Waals surface area contributed by atoms with Crippen LogP contribution >= 0.6 is 0 Å². The molecule has 1 atom stereocenters. The normalized spacial score (nSPS) is 21.6. The van der Waals surface area contributed by atoms with Crippen LogP contribution in [0.15, 0.2) is 18.2 Å². The van der Waals surface area contributed by atoms with Crippen LogP contribution < -0.4 is 9.47 Å². The summed E-state index contributed by atoms with van der Waals surface area (Å²) in [5.74, 6) is 0.690. The fraction of sp³-hybridized carbons (Fsp3) is 0.417. The molecule has 1 N–H and O–H groups in total. The van der Waals surface area contributed by atoms with Crippen LogP contribution in [-0.2, 0) is 14.9 Å². The molecule has 0 bridgehead atoms. The molecule has 2 rings (SSSR count). The van der Waals surface area contributed by atoms with Gasteiger partial charge in [0.15, 0.2) is 5.41 Å². The predicted octanol–water partition coefficient (Wildman–Crippen LogP) is 0.491. The van der Waals surface area contributed by atoms with Crippen LogP contribution in [0.2, 0.25) is 0 Å². The van der Waals surface area contributed by atoms with Gasteiger partial charge in [-0.05, 0) is 6.07 Å². The summed E-state index contributed by atoms with van der Waals surface area (Å²) >= 11 is 0. The van der Waals surface area contributed by atoms with Gasteiger partial charge in [0.1, 0.15) is 18.1 Å². The minimum absolute atomic E-state index is 0.0820. The Balaban J connectivity index is 2.48. The Morgan fingerprint density at radius 2 is 2.29 bits per heavy atom. The second-order valence-electron chi connectivity index (χ2n) is 3.88. The van der Waals surface area contributed by atoms with Gasteiger partial charge >= 0.3 is 5.97 Å². The lowest BCUT2D eigenvalue weighted by Crippen LogP contribution is -2.42. The Hall–Kier alpha value is -1.75. The highest BCUT2D eigenvalue weighted by molar-refractivity contribution is 5.86. The van der Waals surface area contributed by atoms with E-state index in [9.17, 15) is 9.90 Å². The molecule has 0 aromatic heterocycles. The lowest BCUT2D eigenvalue weighted by atomic mass is 9.83. The molecule has 0 aliphatic carbocycles.